The molecule has 0 aliphatic carbocycles. The van der Waals surface area contributed by atoms with Crippen molar-refractivity contribution in [3.05, 3.63) is 89.5 Å². The first-order valence-electron chi connectivity index (χ1n) is 9.69. The van der Waals surface area contributed by atoms with Gasteiger partial charge in [0.05, 0.1) is 23.3 Å². The highest BCUT2D eigenvalue weighted by atomic mass is 32.2. The quantitative estimate of drug-likeness (QED) is 0.530. The first kappa shape index (κ1) is 24.1. The van der Waals surface area contributed by atoms with Crippen molar-refractivity contribution in [2.24, 2.45) is 0 Å². The zero-order chi connectivity index (χ0) is 24.2. The Morgan fingerprint density at radius 1 is 0.970 bits per heavy atom. The zero-order valence-corrected chi connectivity index (χ0v) is 18.6. The normalized spacial score (nSPS) is 11.7. The lowest BCUT2D eigenvalue weighted by atomic mass is 10.1. The number of methoxy groups -OCH3 is 1. The summed E-state index contributed by atoms with van der Waals surface area (Å²) in [7, 11) is -0.987. The lowest BCUT2D eigenvalue weighted by Gasteiger charge is -2.18. The number of hydrogen-bond donors (Lipinski definition) is 1. The number of hydrogen-bond acceptors (Lipinski definition) is 4. The fourth-order valence-corrected chi connectivity index (χ4v) is 4.14. The number of nitrogens with one attached hydrogen (secondary N) is 1. The first-order chi connectivity index (χ1) is 15.5. The van der Waals surface area contributed by atoms with E-state index < -0.39 is 27.7 Å². The van der Waals surface area contributed by atoms with Gasteiger partial charge in [-0.3, -0.25) is 9.52 Å². The molecule has 0 heterocycles. The van der Waals surface area contributed by atoms with Gasteiger partial charge in [-0.25, -0.2) is 8.42 Å². The number of para-hydroxylation sites is 2. The standard InChI is InChI=1S/C23H21F3N2O4S/c1-28(15-16-7-11-18(12-8-16)23(24,25)26)22(29)17-9-13-19(14-10-17)33(30,31)27-20-5-3-4-6-21(20)32-2/h3-14,27H,15H2,1-2H3. The summed E-state index contributed by atoms with van der Waals surface area (Å²) in [5.41, 5.74) is 0.273. The van der Waals surface area contributed by atoms with E-state index in [9.17, 15) is 26.4 Å². The molecule has 0 aliphatic heterocycles. The van der Waals surface area contributed by atoms with Crippen LogP contribution in [0.3, 0.4) is 0 Å². The molecule has 1 amide bonds. The predicted octanol–water partition coefficient (Wildman–Crippen LogP) is 4.79. The van der Waals surface area contributed by atoms with Gasteiger partial charge in [-0.05, 0) is 54.1 Å². The molecule has 0 saturated carbocycles. The molecule has 0 bridgehead atoms. The van der Waals surface area contributed by atoms with E-state index in [4.69, 9.17) is 4.74 Å². The number of alkyl halides is 3. The fraction of sp³-hybridized carbons (Fsp3) is 0.174. The molecule has 0 spiro atoms. The third kappa shape index (κ3) is 5.83. The summed E-state index contributed by atoms with van der Waals surface area (Å²) in [5, 5.41) is 0. The number of anilines is 1. The highest BCUT2D eigenvalue weighted by Crippen LogP contribution is 2.29. The van der Waals surface area contributed by atoms with Crippen molar-refractivity contribution in [1.29, 1.82) is 0 Å². The number of carbonyl (C=O) groups is 1. The largest absolute Gasteiger partial charge is 0.495 e. The van der Waals surface area contributed by atoms with Crippen LogP contribution in [-0.2, 0) is 22.7 Å². The van der Waals surface area contributed by atoms with Crippen LogP contribution in [0, 0.1) is 0 Å². The Kier molecular flexibility index (Phi) is 6.97. The van der Waals surface area contributed by atoms with Crippen LogP contribution in [0.15, 0.2) is 77.7 Å². The summed E-state index contributed by atoms with van der Waals surface area (Å²) in [6.45, 7) is 0.0897. The molecule has 0 fully saturated rings. The fourth-order valence-electron chi connectivity index (χ4n) is 3.07. The van der Waals surface area contributed by atoms with Crippen LogP contribution < -0.4 is 9.46 Å². The average Bonchev–Trinajstić information content (AvgIpc) is 2.78. The molecule has 174 valence electrons. The van der Waals surface area contributed by atoms with Crippen LogP contribution in [0.25, 0.3) is 0 Å². The van der Waals surface area contributed by atoms with E-state index in [1.165, 1.54) is 55.5 Å². The maximum absolute atomic E-state index is 12.7. The Hall–Kier alpha value is -3.53. The lowest BCUT2D eigenvalue weighted by Crippen LogP contribution is -2.26. The molecule has 0 aliphatic rings. The molecule has 33 heavy (non-hydrogen) atoms. The molecular weight excluding hydrogens is 457 g/mol. The van der Waals surface area contributed by atoms with Crippen molar-refractivity contribution in [1.82, 2.24) is 4.90 Å². The minimum absolute atomic E-state index is 0.0460. The number of carbonyl (C=O) groups excluding carboxylic acids is 1. The Morgan fingerprint density at radius 3 is 2.15 bits per heavy atom. The van der Waals surface area contributed by atoms with Gasteiger partial charge in [0.1, 0.15) is 5.75 Å². The number of ether oxygens (including phenoxy) is 1. The van der Waals surface area contributed by atoms with Crippen LogP contribution >= 0.6 is 0 Å². The van der Waals surface area contributed by atoms with Gasteiger partial charge in [-0.2, -0.15) is 13.2 Å². The first-order valence-corrected chi connectivity index (χ1v) is 11.2. The van der Waals surface area contributed by atoms with E-state index in [0.29, 0.717) is 11.3 Å². The van der Waals surface area contributed by atoms with Crippen LogP contribution in [0.1, 0.15) is 21.5 Å². The number of rotatable bonds is 7. The molecule has 0 unspecified atom stereocenters. The van der Waals surface area contributed by atoms with Crippen molar-refractivity contribution >= 4 is 21.6 Å². The second-order valence-corrected chi connectivity index (χ2v) is 8.87. The Bertz CT molecular complexity index is 1230. The van der Waals surface area contributed by atoms with E-state index in [1.54, 1.807) is 24.3 Å². The SMILES string of the molecule is COc1ccccc1NS(=O)(=O)c1ccc(C(=O)N(C)Cc2ccc(C(F)(F)F)cc2)cc1. The van der Waals surface area contributed by atoms with E-state index >= 15 is 0 Å². The van der Waals surface area contributed by atoms with Gasteiger partial charge in [0, 0.05) is 19.2 Å². The zero-order valence-electron chi connectivity index (χ0n) is 17.8. The summed E-state index contributed by atoms with van der Waals surface area (Å²) >= 11 is 0. The summed E-state index contributed by atoms with van der Waals surface area (Å²) in [6, 6.07) is 16.4. The number of nitrogens with zero attached hydrogens (tertiary/aromatic N) is 1. The molecule has 0 radical (unpaired) electrons. The minimum Gasteiger partial charge on any atom is -0.495 e. The predicted molar refractivity (Wildman–Crippen MR) is 117 cm³/mol. The summed E-state index contributed by atoms with van der Waals surface area (Å²) in [6.07, 6.45) is -4.43. The van der Waals surface area contributed by atoms with Crippen molar-refractivity contribution in [2.75, 3.05) is 18.9 Å². The summed E-state index contributed by atoms with van der Waals surface area (Å²) in [4.78, 5) is 14.0. The molecule has 3 aromatic carbocycles. The maximum atomic E-state index is 12.7. The number of amides is 1. The Labute approximate surface area is 189 Å². The molecule has 1 N–H and O–H groups in total. The number of benzene rings is 3. The van der Waals surface area contributed by atoms with E-state index in [-0.39, 0.29) is 22.7 Å². The van der Waals surface area contributed by atoms with Crippen LogP contribution in [0.2, 0.25) is 0 Å². The average molecular weight is 478 g/mol. The molecule has 3 aromatic rings. The van der Waals surface area contributed by atoms with Gasteiger partial charge in [-0.1, -0.05) is 24.3 Å². The smallest absolute Gasteiger partial charge is 0.416 e. The molecule has 0 saturated heterocycles. The van der Waals surface area contributed by atoms with Gasteiger partial charge in [-0.15, -0.1) is 0 Å². The van der Waals surface area contributed by atoms with Gasteiger partial charge in [0.2, 0.25) is 0 Å². The Balaban J connectivity index is 1.70. The maximum Gasteiger partial charge on any atom is 0.416 e. The monoisotopic (exact) mass is 478 g/mol. The van der Waals surface area contributed by atoms with Crippen LogP contribution in [0.5, 0.6) is 5.75 Å². The van der Waals surface area contributed by atoms with Crippen molar-refractivity contribution in [3.63, 3.8) is 0 Å². The van der Waals surface area contributed by atoms with Gasteiger partial charge < -0.3 is 9.64 Å². The topological polar surface area (TPSA) is 75.7 Å². The van der Waals surface area contributed by atoms with Gasteiger partial charge >= 0.3 is 6.18 Å². The van der Waals surface area contributed by atoms with Crippen LogP contribution in [0.4, 0.5) is 18.9 Å². The van der Waals surface area contributed by atoms with Crippen molar-refractivity contribution < 1.29 is 31.1 Å². The second-order valence-electron chi connectivity index (χ2n) is 7.19. The number of sulfonamides is 1. The summed E-state index contributed by atoms with van der Waals surface area (Å²) in [5.74, 6) is -0.0469. The molecule has 3 rings (SSSR count). The second kappa shape index (κ2) is 9.53. The van der Waals surface area contributed by atoms with Crippen molar-refractivity contribution in [3.8, 4) is 5.75 Å². The van der Waals surface area contributed by atoms with Gasteiger partial charge in [0.15, 0.2) is 0 Å². The molecular formula is C23H21F3N2O4S. The molecule has 10 heteroatoms. The van der Waals surface area contributed by atoms with E-state index in [2.05, 4.69) is 4.72 Å². The highest BCUT2D eigenvalue weighted by Gasteiger charge is 2.30. The lowest BCUT2D eigenvalue weighted by molar-refractivity contribution is -0.137. The van der Waals surface area contributed by atoms with Crippen LogP contribution in [-0.4, -0.2) is 33.4 Å². The van der Waals surface area contributed by atoms with E-state index in [1.807, 2.05) is 0 Å². The van der Waals surface area contributed by atoms with Gasteiger partial charge in [0.25, 0.3) is 15.9 Å². The third-order valence-electron chi connectivity index (χ3n) is 4.81. The minimum atomic E-state index is -4.43. The molecule has 0 aromatic heterocycles. The highest BCUT2D eigenvalue weighted by molar-refractivity contribution is 7.92. The van der Waals surface area contributed by atoms with Crippen molar-refractivity contribution in [2.45, 2.75) is 17.6 Å². The number of halogens is 3. The third-order valence-corrected chi connectivity index (χ3v) is 6.19. The molecule has 6 nitrogen and oxygen atoms in total. The summed E-state index contributed by atoms with van der Waals surface area (Å²) < 4.78 is 71.0. The molecule has 0 atom stereocenters. The Morgan fingerprint density at radius 2 is 1.58 bits per heavy atom. The van der Waals surface area contributed by atoms with E-state index in [0.717, 1.165) is 12.1 Å².